The van der Waals surface area contributed by atoms with Gasteiger partial charge in [0.2, 0.25) is 15.9 Å². The van der Waals surface area contributed by atoms with Crippen LogP contribution >= 0.6 is 0 Å². The Hall–Kier alpha value is -1.97. The van der Waals surface area contributed by atoms with E-state index in [1.165, 1.54) is 28.6 Å². The summed E-state index contributed by atoms with van der Waals surface area (Å²) in [6.45, 7) is 2.38. The molecular weight excluding hydrogens is 360 g/mol. The van der Waals surface area contributed by atoms with Gasteiger partial charge in [0.15, 0.2) is 0 Å². The first-order chi connectivity index (χ1) is 12.4. The highest BCUT2D eigenvalue weighted by atomic mass is 32.2. The van der Waals surface area contributed by atoms with Crippen LogP contribution in [0.25, 0.3) is 0 Å². The van der Waals surface area contributed by atoms with Crippen LogP contribution in [0.4, 0.5) is 0 Å². The molecule has 142 valence electrons. The molecule has 0 atom stereocenters. The minimum Gasteiger partial charge on any atom is -0.478 e. The van der Waals surface area contributed by atoms with Crippen molar-refractivity contribution in [2.75, 3.05) is 39.4 Å². The van der Waals surface area contributed by atoms with Crippen molar-refractivity contribution in [2.24, 2.45) is 5.92 Å². The normalized spacial score (nSPS) is 20.1. The Morgan fingerprint density at radius 1 is 1.00 bits per heavy atom. The van der Waals surface area contributed by atoms with E-state index in [0.29, 0.717) is 39.1 Å². The third kappa shape index (κ3) is 3.89. The molecule has 2 fully saturated rings. The highest BCUT2D eigenvalue weighted by Crippen LogP contribution is 2.21. The van der Waals surface area contributed by atoms with E-state index in [1.54, 1.807) is 4.90 Å². The van der Waals surface area contributed by atoms with E-state index in [-0.39, 0.29) is 35.4 Å². The number of carboxylic acid groups (broad SMARTS) is 1. The van der Waals surface area contributed by atoms with Gasteiger partial charge in [-0.05, 0) is 37.1 Å². The third-order valence-electron chi connectivity index (χ3n) is 4.86. The molecule has 0 unspecified atom stereocenters. The van der Waals surface area contributed by atoms with E-state index in [2.05, 4.69) is 0 Å². The van der Waals surface area contributed by atoms with E-state index in [9.17, 15) is 18.0 Å². The first kappa shape index (κ1) is 18.8. The van der Waals surface area contributed by atoms with Gasteiger partial charge in [0.1, 0.15) is 0 Å². The number of aromatic carboxylic acids is 1. The van der Waals surface area contributed by atoms with Crippen LogP contribution in [-0.2, 0) is 19.6 Å². The summed E-state index contributed by atoms with van der Waals surface area (Å²) in [6.07, 6.45) is 1.43. The third-order valence-corrected chi connectivity index (χ3v) is 6.77. The molecule has 8 nitrogen and oxygen atoms in total. The molecule has 0 bridgehead atoms. The lowest BCUT2D eigenvalue weighted by molar-refractivity contribution is -0.139. The fourth-order valence-electron chi connectivity index (χ4n) is 3.27. The number of hydrogen-bond acceptors (Lipinski definition) is 5. The summed E-state index contributed by atoms with van der Waals surface area (Å²) in [5, 5.41) is 8.91. The van der Waals surface area contributed by atoms with E-state index in [0.717, 1.165) is 0 Å². The average Bonchev–Trinajstić information content (AvgIpc) is 2.68. The number of rotatable bonds is 4. The molecule has 9 heteroatoms. The van der Waals surface area contributed by atoms with Gasteiger partial charge in [-0.25, -0.2) is 13.2 Å². The van der Waals surface area contributed by atoms with Gasteiger partial charge < -0.3 is 14.7 Å². The molecule has 1 aromatic rings. The molecule has 26 heavy (non-hydrogen) atoms. The van der Waals surface area contributed by atoms with Crippen LogP contribution in [0.3, 0.4) is 0 Å². The summed E-state index contributed by atoms with van der Waals surface area (Å²) < 4.78 is 32.0. The van der Waals surface area contributed by atoms with Crippen LogP contribution in [-0.4, -0.2) is 74.0 Å². The second kappa shape index (κ2) is 7.73. The largest absolute Gasteiger partial charge is 0.478 e. The zero-order chi connectivity index (χ0) is 18.7. The van der Waals surface area contributed by atoms with Crippen molar-refractivity contribution >= 4 is 21.9 Å². The first-order valence-corrected chi connectivity index (χ1v) is 10.0. The van der Waals surface area contributed by atoms with Gasteiger partial charge in [-0.2, -0.15) is 4.31 Å². The Kier molecular flexibility index (Phi) is 5.59. The summed E-state index contributed by atoms with van der Waals surface area (Å²) in [6, 6.07) is 5.16. The predicted molar refractivity (Wildman–Crippen MR) is 92.3 cm³/mol. The molecular formula is C17H22N2O6S. The van der Waals surface area contributed by atoms with Gasteiger partial charge in [0.25, 0.3) is 0 Å². The molecule has 1 aromatic carbocycles. The van der Waals surface area contributed by atoms with Crippen molar-refractivity contribution in [1.29, 1.82) is 0 Å². The number of sulfonamides is 1. The number of ether oxygens (including phenoxy) is 1. The zero-order valence-corrected chi connectivity index (χ0v) is 15.2. The molecule has 2 saturated heterocycles. The van der Waals surface area contributed by atoms with E-state index < -0.39 is 16.0 Å². The topological polar surface area (TPSA) is 104 Å². The second-order valence-corrected chi connectivity index (χ2v) is 8.38. The number of carboxylic acids is 1. The van der Waals surface area contributed by atoms with Crippen LogP contribution in [0.15, 0.2) is 29.2 Å². The smallest absolute Gasteiger partial charge is 0.335 e. The SMILES string of the molecule is O=C(O)c1ccc(S(=O)(=O)N2CCN(C(=O)C3CCOCC3)CC2)cc1. The van der Waals surface area contributed by atoms with Gasteiger partial charge in [-0.1, -0.05) is 0 Å². The van der Waals surface area contributed by atoms with E-state index in [1.807, 2.05) is 0 Å². The maximum Gasteiger partial charge on any atom is 0.335 e. The van der Waals surface area contributed by atoms with Crippen molar-refractivity contribution in [2.45, 2.75) is 17.7 Å². The molecule has 2 heterocycles. The summed E-state index contributed by atoms with van der Waals surface area (Å²) in [5.74, 6) is -1.05. The molecule has 0 aliphatic carbocycles. The molecule has 3 rings (SSSR count). The number of carbonyl (C=O) groups is 2. The molecule has 0 saturated carbocycles. The molecule has 2 aliphatic heterocycles. The molecule has 0 aromatic heterocycles. The molecule has 0 radical (unpaired) electrons. The lowest BCUT2D eigenvalue weighted by Crippen LogP contribution is -2.52. The molecule has 1 N–H and O–H groups in total. The highest BCUT2D eigenvalue weighted by Gasteiger charge is 2.33. The number of nitrogens with zero attached hydrogens (tertiary/aromatic N) is 2. The van der Waals surface area contributed by atoms with Crippen LogP contribution in [0.2, 0.25) is 0 Å². The fraction of sp³-hybridized carbons (Fsp3) is 0.529. The van der Waals surface area contributed by atoms with Crippen molar-refractivity contribution in [3.8, 4) is 0 Å². The van der Waals surface area contributed by atoms with Crippen molar-refractivity contribution < 1.29 is 27.9 Å². The predicted octanol–water partition coefficient (Wildman–Crippen LogP) is 0.644. The van der Waals surface area contributed by atoms with Gasteiger partial charge in [0, 0.05) is 45.3 Å². The summed E-state index contributed by atoms with van der Waals surface area (Å²) in [5.41, 5.74) is 0.0378. The number of piperazine rings is 1. The van der Waals surface area contributed by atoms with Gasteiger partial charge >= 0.3 is 5.97 Å². The van der Waals surface area contributed by atoms with Crippen molar-refractivity contribution in [3.05, 3.63) is 29.8 Å². The second-order valence-electron chi connectivity index (χ2n) is 6.45. The lowest BCUT2D eigenvalue weighted by atomic mass is 9.98. The Morgan fingerprint density at radius 2 is 1.58 bits per heavy atom. The number of carbonyl (C=O) groups excluding carboxylic acids is 1. The standard InChI is InChI=1S/C17H22N2O6S/c20-16(13-5-11-25-12-6-13)18-7-9-19(10-8-18)26(23,24)15-3-1-14(2-4-15)17(21)22/h1-4,13H,5-12H2,(H,21,22). The maximum atomic E-state index is 12.7. The summed E-state index contributed by atoms with van der Waals surface area (Å²) in [7, 11) is -3.70. The van der Waals surface area contributed by atoms with Crippen molar-refractivity contribution in [3.63, 3.8) is 0 Å². The lowest BCUT2D eigenvalue weighted by Gasteiger charge is -2.36. The zero-order valence-electron chi connectivity index (χ0n) is 14.3. The van der Waals surface area contributed by atoms with Gasteiger partial charge in [-0.3, -0.25) is 4.79 Å². The van der Waals surface area contributed by atoms with E-state index in [4.69, 9.17) is 9.84 Å². The van der Waals surface area contributed by atoms with Gasteiger partial charge in [0.05, 0.1) is 10.5 Å². The Morgan fingerprint density at radius 3 is 2.12 bits per heavy atom. The van der Waals surface area contributed by atoms with Crippen molar-refractivity contribution in [1.82, 2.24) is 9.21 Å². The molecule has 0 spiro atoms. The number of hydrogen-bond donors (Lipinski definition) is 1. The summed E-state index contributed by atoms with van der Waals surface area (Å²) >= 11 is 0. The van der Waals surface area contributed by atoms with Crippen LogP contribution < -0.4 is 0 Å². The van der Waals surface area contributed by atoms with Crippen LogP contribution in [0.1, 0.15) is 23.2 Å². The number of amides is 1. The number of benzene rings is 1. The first-order valence-electron chi connectivity index (χ1n) is 8.59. The Labute approximate surface area is 152 Å². The van der Waals surface area contributed by atoms with E-state index >= 15 is 0 Å². The average molecular weight is 382 g/mol. The highest BCUT2D eigenvalue weighted by molar-refractivity contribution is 7.89. The minimum absolute atomic E-state index is 0.0320. The minimum atomic E-state index is -3.70. The van der Waals surface area contributed by atoms with Gasteiger partial charge in [-0.15, -0.1) is 0 Å². The van der Waals surface area contributed by atoms with Crippen LogP contribution in [0.5, 0.6) is 0 Å². The quantitative estimate of drug-likeness (QED) is 0.820. The van der Waals surface area contributed by atoms with Crippen LogP contribution in [0, 0.1) is 5.92 Å². The summed E-state index contributed by atoms with van der Waals surface area (Å²) in [4.78, 5) is 25.2. The Bertz CT molecular complexity index is 763. The molecule has 2 aliphatic rings. The monoisotopic (exact) mass is 382 g/mol. The molecule has 1 amide bonds. The maximum absolute atomic E-state index is 12.7. The fourth-order valence-corrected chi connectivity index (χ4v) is 4.69. The Balaban J connectivity index is 1.63.